The van der Waals surface area contributed by atoms with Crippen LogP contribution in [0.4, 0.5) is 0 Å². The van der Waals surface area contributed by atoms with Crippen LogP contribution in [0.15, 0.2) is 42.6 Å². The minimum Gasteiger partial charge on any atom is -0.758 e. The van der Waals surface area contributed by atoms with Crippen molar-refractivity contribution >= 4 is 0 Å². The first-order chi connectivity index (χ1) is 6.23. The molecule has 1 aromatic rings. The Labute approximate surface area is 78.1 Å². The van der Waals surface area contributed by atoms with E-state index in [9.17, 15) is 5.21 Å². The highest BCUT2D eigenvalue weighted by atomic mass is 16.5. The quantitative estimate of drug-likeness (QED) is 0.654. The van der Waals surface area contributed by atoms with Gasteiger partial charge in [-0.3, -0.25) is 0 Å². The van der Waals surface area contributed by atoms with E-state index in [-0.39, 0.29) is 5.54 Å². The first kappa shape index (κ1) is 8.32. The lowest BCUT2D eigenvalue weighted by Crippen LogP contribution is -2.32. The topological polar surface area (TPSA) is 26.3 Å². The van der Waals surface area contributed by atoms with Crippen molar-refractivity contribution in [2.45, 2.75) is 18.9 Å². The average Bonchev–Trinajstić information content (AvgIpc) is 2.50. The molecule has 2 nitrogen and oxygen atoms in total. The molecule has 0 saturated carbocycles. The number of hydrogen-bond acceptors (Lipinski definition) is 2. The van der Waals surface area contributed by atoms with E-state index >= 15 is 0 Å². The van der Waals surface area contributed by atoms with Crippen LogP contribution in [-0.4, -0.2) is 5.06 Å². The van der Waals surface area contributed by atoms with Crippen LogP contribution in [0.25, 0.3) is 0 Å². The van der Waals surface area contributed by atoms with Crippen LogP contribution in [0.3, 0.4) is 0 Å². The molecule has 1 aliphatic heterocycles. The van der Waals surface area contributed by atoms with Gasteiger partial charge in [0.15, 0.2) is 0 Å². The molecule has 0 N–H and O–H groups in total. The van der Waals surface area contributed by atoms with Crippen LogP contribution >= 0.6 is 0 Å². The monoisotopic (exact) mass is 174 g/mol. The zero-order valence-electron chi connectivity index (χ0n) is 7.60. The molecule has 0 saturated heterocycles. The Morgan fingerprint density at radius 3 is 2.54 bits per heavy atom. The Bertz CT molecular complexity index is 320. The molecule has 13 heavy (non-hydrogen) atoms. The van der Waals surface area contributed by atoms with Gasteiger partial charge in [-0.15, -0.1) is 0 Å². The highest BCUT2D eigenvalue weighted by molar-refractivity contribution is 5.28. The maximum Gasteiger partial charge on any atom is 0.0548 e. The molecule has 1 atom stereocenters. The lowest BCUT2D eigenvalue weighted by atomic mass is 9.90. The van der Waals surface area contributed by atoms with Gasteiger partial charge in [0.2, 0.25) is 0 Å². The van der Waals surface area contributed by atoms with E-state index in [0.29, 0.717) is 0 Å². The van der Waals surface area contributed by atoms with E-state index in [1.807, 2.05) is 43.3 Å². The lowest BCUT2D eigenvalue weighted by Gasteiger charge is -2.42. The summed E-state index contributed by atoms with van der Waals surface area (Å²) in [4.78, 5) is 0. The van der Waals surface area contributed by atoms with Gasteiger partial charge < -0.3 is 10.3 Å². The van der Waals surface area contributed by atoms with Crippen molar-refractivity contribution in [1.29, 1.82) is 0 Å². The van der Waals surface area contributed by atoms with Gasteiger partial charge in [-0.25, -0.2) is 0 Å². The predicted octanol–water partition coefficient (Wildman–Crippen LogP) is 2.62. The maximum absolute atomic E-state index is 11.5. The summed E-state index contributed by atoms with van der Waals surface area (Å²) in [5, 5.41) is 12.6. The molecule has 0 aliphatic carbocycles. The molecular formula is C11H12NO-. The van der Waals surface area contributed by atoms with Crippen LogP contribution in [-0.2, 0) is 5.54 Å². The van der Waals surface area contributed by atoms with E-state index in [1.165, 1.54) is 0 Å². The third-order valence-corrected chi connectivity index (χ3v) is 2.64. The molecule has 2 rings (SSSR count). The summed E-state index contributed by atoms with van der Waals surface area (Å²) in [7, 11) is 0. The molecule has 1 aromatic carbocycles. The smallest absolute Gasteiger partial charge is 0.0548 e. The molecule has 1 aliphatic rings. The first-order valence-electron chi connectivity index (χ1n) is 4.42. The molecule has 0 spiro atoms. The van der Waals surface area contributed by atoms with Gasteiger partial charge in [0.05, 0.1) is 5.54 Å². The summed E-state index contributed by atoms with van der Waals surface area (Å²) < 4.78 is 0. The first-order valence-corrected chi connectivity index (χ1v) is 4.42. The van der Waals surface area contributed by atoms with Gasteiger partial charge in [0.1, 0.15) is 0 Å². The highest BCUT2D eigenvalue weighted by Gasteiger charge is 2.28. The van der Waals surface area contributed by atoms with Crippen molar-refractivity contribution < 1.29 is 0 Å². The molecule has 2 heteroatoms. The molecule has 0 bridgehead atoms. The van der Waals surface area contributed by atoms with E-state index in [1.54, 1.807) is 6.20 Å². The summed E-state index contributed by atoms with van der Waals surface area (Å²) in [6.45, 7) is 1.97. The number of rotatable bonds is 1. The number of hydroxylamine groups is 2. The lowest BCUT2D eigenvalue weighted by molar-refractivity contribution is 0.259. The Kier molecular flexibility index (Phi) is 1.85. The molecule has 1 heterocycles. The van der Waals surface area contributed by atoms with Crippen LogP contribution in [0.5, 0.6) is 0 Å². The molecular weight excluding hydrogens is 162 g/mol. The predicted molar refractivity (Wildman–Crippen MR) is 52.8 cm³/mol. The second kappa shape index (κ2) is 2.89. The van der Waals surface area contributed by atoms with Crippen LogP contribution in [0.2, 0.25) is 0 Å². The zero-order chi connectivity index (χ0) is 9.31. The minimum absolute atomic E-state index is 0.388. The van der Waals surface area contributed by atoms with Crippen molar-refractivity contribution in [3.05, 3.63) is 53.4 Å². The summed E-state index contributed by atoms with van der Waals surface area (Å²) in [5.41, 5.74) is 0.691. The van der Waals surface area contributed by atoms with Crippen molar-refractivity contribution in [3.8, 4) is 0 Å². The molecule has 0 aromatic heterocycles. The van der Waals surface area contributed by atoms with E-state index in [2.05, 4.69) is 0 Å². The SMILES string of the molecule is C[C@@]1(c2ccccc2)CC=CN1[O-]. The largest absolute Gasteiger partial charge is 0.758 e. The van der Waals surface area contributed by atoms with Crippen LogP contribution < -0.4 is 0 Å². The Hall–Kier alpha value is -1.28. The summed E-state index contributed by atoms with van der Waals surface area (Å²) in [6, 6.07) is 9.89. The normalized spacial score (nSPS) is 26.8. The van der Waals surface area contributed by atoms with Crippen LogP contribution in [0, 0.1) is 5.21 Å². The van der Waals surface area contributed by atoms with Crippen LogP contribution in [0.1, 0.15) is 18.9 Å². The van der Waals surface area contributed by atoms with Gasteiger partial charge in [0, 0.05) is 0 Å². The second-order valence-corrected chi connectivity index (χ2v) is 3.55. The van der Waals surface area contributed by atoms with Crippen molar-refractivity contribution in [2.24, 2.45) is 0 Å². The molecule has 0 amide bonds. The Morgan fingerprint density at radius 2 is 2.00 bits per heavy atom. The molecule has 0 unspecified atom stereocenters. The van der Waals surface area contributed by atoms with E-state index < -0.39 is 0 Å². The minimum atomic E-state index is -0.388. The highest BCUT2D eigenvalue weighted by Crippen LogP contribution is 2.35. The Morgan fingerprint density at radius 1 is 1.31 bits per heavy atom. The van der Waals surface area contributed by atoms with Gasteiger partial charge in [-0.1, -0.05) is 36.4 Å². The Balaban J connectivity index is 2.36. The van der Waals surface area contributed by atoms with E-state index in [0.717, 1.165) is 17.0 Å². The van der Waals surface area contributed by atoms with Crippen molar-refractivity contribution in [3.63, 3.8) is 0 Å². The third kappa shape index (κ3) is 1.23. The number of benzene rings is 1. The fourth-order valence-electron chi connectivity index (χ4n) is 1.67. The van der Waals surface area contributed by atoms with E-state index in [4.69, 9.17) is 0 Å². The van der Waals surface area contributed by atoms with Gasteiger partial charge in [-0.2, -0.15) is 0 Å². The average molecular weight is 174 g/mol. The molecule has 68 valence electrons. The summed E-state index contributed by atoms with van der Waals surface area (Å²) >= 11 is 0. The van der Waals surface area contributed by atoms with Crippen molar-refractivity contribution in [1.82, 2.24) is 5.06 Å². The van der Waals surface area contributed by atoms with Gasteiger partial charge in [-0.05, 0) is 25.1 Å². The van der Waals surface area contributed by atoms with Gasteiger partial charge in [0.25, 0.3) is 0 Å². The second-order valence-electron chi connectivity index (χ2n) is 3.55. The standard InChI is InChI=1S/C11H12NO/c1-11(8-5-9-12(11)13)10-6-3-2-4-7-10/h2-7,9H,8H2,1H3/q-1/t11-/m0/s1. The summed E-state index contributed by atoms with van der Waals surface area (Å²) in [6.07, 6.45) is 4.31. The molecule has 0 radical (unpaired) electrons. The zero-order valence-corrected chi connectivity index (χ0v) is 7.60. The summed E-state index contributed by atoms with van der Waals surface area (Å²) in [5.74, 6) is 0. The fraction of sp³-hybridized carbons (Fsp3) is 0.273. The fourth-order valence-corrected chi connectivity index (χ4v) is 1.67. The molecule has 0 fully saturated rings. The third-order valence-electron chi connectivity index (χ3n) is 2.64. The van der Waals surface area contributed by atoms with Gasteiger partial charge >= 0.3 is 0 Å². The number of hydrogen-bond donors (Lipinski definition) is 0. The van der Waals surface area contributed by atoms with Crippen molar-refractivity contribution in [2.75, 3.05) is 0 Å². The maximum atomic E-state index is 11.5. The number of nitrogens with zero attached hydrogens (tertiary/aromatic N) is 1.